The van der Waals surface area contributed by atoms with Gasteiger partial charge in [0.2, 0.25) is 5.88 Å². The predicted molar refractivity (Wildman–Crippen MR) is 79.2 cm³/mol. The van der Waals surface area contributed by atoms with Crippen molar-refractivity contribution in [3.8, 4) is 28.5 Å². The zero-order valence-electron chi connectivity index (χ0n) is 10.8. The Morgan fingerprint density at radius 3 is 2.81 bits per heavy atom. The minimum Gasteiger partial charge on any atom is -0.455 e. The van der Waals surface area contributed by atoms with Gasteiger partial charge in [-0.05, 0) is 22.0 Å². The number of fused-ring (bicyclic) bond motifs is 3. The summed E-state index contributed by atoms with van der Waals surface area (Å²) in [6, 6.07) is 11.1. The molecule has 1 aromatic carbocycles. The number of halogens is 2. The third-order valence-corrected chi connectivity index (χ3v) is 3.94. The quantitative estimate of drug-likeness (QED) is 0.672. The molecule has 0 fully saturated rings. The molecule has 0 atom stereocenters. The maximum absolute atomic E-state index is 14.1. The van der Waals surface area contributed by atoms with E-state index < -0.39 is 5.82 Å². The van der Waals surface area contributed by atoms with E-state index in [0.29, 0.717) is 16.0 Å². The summed E-state index contributed by atoms with van der Waals surface area (Å²) in [6.07, 6.45) is 1.39. The molecule has 0 saturated heterocycles. The lowest BCUT2D eigenvalue weighted by atomic mass is 10.1. The molecule has 3 aromatic rings. The van der Waals surface area contributed by atoms with E-state index in [2.05, 4.69) is 25.9 Å². The van der Waals surface area contributed by atoms with Crippen LogP contribution in [0.3, 0.4) is 0 Å². The Morgan fingerprint density at radius 1 is 1.19 bits per heavy atom. The van der Waals surface area contributed by atoms with Crippen molar-refractivity contribution in [1.82, 2.24) is 14.5 Å². The largest absolute Gasteiger partial charge is 0.455 e. The van der Waals surface area contributed by atoms with Gasteiger partial charge in [-0.15, -0.1) is 0 Å². The molecule has 1 aliphatic rings. The first-order valence-corrected chi connectivity index (χ1v) is 7.14. The number of aromatic nitrogens is 3. The van der Waals surface area contributed by atoms with Gasteiger partial charge in [-0.3, -0.25) is 4.57 Å². The highest BCUT2D eigenvalue weighted by atomic mass is 79.9. The van der Waals surface area contributed by atoms with Gasteiger partial charge in [0.1, 0.15) is 16.0 Å². The molecule has 104 valence electrons. The zero-order chi connectivity index (χ0) is 14.4. The third-order valence-electron chi connectivity index (χ3n) is 3.39. The smallest absolute Gasteiger partial charge is 0.229 e. The summed E-state index contributed by atoms with van der Waals surface area (Å²) >= 11 is 3.46. The Bertz CT molecular complexity index is 832. The molecule has 0 spiro atoms. The van der Waals surface area contributed by atoms with E-state index in [9.17, 15) is 4.39 Å². The van der Waals surface area contributed by atoms with E-state index in [4.69, 9.17) is 4.74 Å². The first kappa shape index (κ1) is 12.5. The molecule has 0 radical (unpaired) electrons. The minimum absolute atomic E-state index is 0.252. The highest BCUT2D eigenvalue weighted by Crippen LogP contribution is 2.39. The number of hydrogen-bond acceptors (Lipinski definition) is 3. The van der Waals surface area contributed by atoms with Crippen LogP contribution in [-0.2, 0) is 6.73 Å². The van der Waals surface area contributed by atoms with Gasteiger partial charge in [-0.25, -0.2) is 14.4 Å². The van der Waals surface area contributed by atoms with Gasteiger partial charge in [0.25, 0.3) is 0 Å². The average Bonchev–Trinajstić information content (AvgIpc) is 2.84. The van der Waals surface area contributed by atoms with Crippen LogP contribution in [0.2, 0.25) is 0 Å². The average molecular weight is 346 g/mol. The number of benzene rings is 1. The fourth-order valence-electron chi connectivity index (χ4n) is 2.47. The van der Waals surface area contributed by atoms with Gasteiger partial charge >= 0.3 is 0 Å². The maximum Gasteiger partial charge on any atom is 0.229 e. The van der Waals surface area contributed by atoms with Crippen LogP contribution < -0.4 is 4.74 Å². The topological polar surface area (TPSA) is 39.9 Å². The van der Waals surface area contributed by atoms with Crippen LogP contribution in [0.15, 0.2) is 47.2 Å². The van der Waals surface area contributed by atoms with E-state index in [1.807, 2.05) is 34.9 Å². The Labute approximate surface area is 128 Å². The van der Waals surface area contributed by atoms with E-state index in [1.165, 1.54) is 12.3 Å². The normalized spacial score (nSPS) is 12.5. The Morgan fingerprint density at radius 2 is 2.00 bits per heavy atom. The number of pyridine rings is 1. The molecule has 0 N–H and O–H groups in total. The third kappa shape index (κ3) is 1.86. The van der Waals surface area contributed by atoms with Crippen molar-refractivity contribution in [3.05, 3.63) is 53.0 Å². The number of hydrogen-bond donors (Lipinski definition) is 0. The lowest BCUT2D eigenvalue weighted by Gasteiger charge is -2.20. The van der Waals surface area contributed by atoms with Crippen LogP contribution in [0.25, 0.3) is 22.6 Å². The summed E-state index contributed by atoms with van der Waals surface area (Å²) in [5.74, 6) is 0.408. The van der Waals surface area contributed by atoms with Gasteiger partial charge in [-0.2, -0.15) is 0 Å². The van der Waals surface area contributed by atoms with E-state index >= 15 is 0 Å². The van der Waals surface area contributed by atoms with Crippen LogP contribution >= 0.6 is 15.9 Å². The molecular formula is C15H9BrFN3O. The van der Waals surface area contributed by atoms with Crippen molar-refractivity contribution < 1.29 is 9.13 Å². The molecule has 6 heteroatoms. The zero-order valence-corrected chi connectivity index (χ0v) is 12.3. The molecule has 0 unspecified atom stereocenters. The molecule has 0 amide bonds. The van der Waals surface area contributed by atoms with E-state index in [-0.39, 0.29) is 12.6 Å². The lowest BCUT2D eigenvalue weighted by Crippen LogP contribution is -2.15. The monoisotopic (exact) mass is 345 g/mol. The number of nitrogens with zero attached hydrogens (tertiary/aromatic N) is 3. The van der Waals surface area contributed by atoms with E-state index in [0.717, 1.165) is 11.3 Å². The first-order valence-electron chi connectivity index (χ1n) is 6.35. The number of rotatable bonds is 1. The Kier molecular flexibility index (Phi) is 2.78. The second-order valence-corrected chi connectivity index (χ2v) is 5.37. The van der Waals surface area contributed by atoms with Crippen molar-refractivity contribution >= 4 is 15.9 Å². The fraction of sp³-hybridized carbons (Fsp3) is 0.0667. The molecule has 0 saturated carbocycles. The Balaban J connectivity index is 1.99. The standard InChI is InChI=1S/C15H9BrFN3O/c16-13-12(9-4-2-1-3-5-9)20-8-21-15-11(14(20)19-13)10(17)6-7-18-15/h1-7H,8H2. The van der Waals surface area contributed by atoms with Crippen LogP contribution in [0.4, 0.5) is 4.39 Å². The molecule has 21 heavy (non-hydrogen) atoms. The van der Waals surface area contributed by atoms with Gasteiger partial charge in [0.05, 0.1) is 5.69 Å². The van der Waals surface area contributed by atoms with Crippen molar-refractivity contribution in [2.45, 2.75) is 6.73 Å². The minimum atomic E-state index is -0.391. The van der Waals surface area contributed by atoms with Crippen LogP contribution in [-0.4, -0.2) is 14.5 Å². The SMILES string of the molecule is Fc1ccnc2c1-c1nc(Br)c(-c3ccccc3)n1CO2. The van der Waals surface area contributed by atoms with Gasteiger partial charge in [0, 0.05) is 11.8 Å². The summed E-state index contributed by atoms with van der Waals surface area (Å²) in [5, 5.41) is 0. The van der Waals surface area contributed by atoms with Crippen LogP contribution in [0.5, 0.6) is 5.88 Å². The van der Waals surface area contributed by atoms with Crippen molar-refractivity contribution in [2.75, 3.05) is 0 Å². The molecule has 2 aromatic heterocycles. The number of imidazole rings is 1. The molecule has 3 heterocycles. The molecule has 1 aliphatic heterocycles. The summed E-state index contributed by atoms with van der Waals surface area (Å²) in [4.78, 5) is 8.51. The summed E-state index contributed by atoms with van der Waals surface area (Å²) < 4.78 is 22.2. The second kappa shape index (κ2) is 4.66. The van der Waals surface area contributed by atoms with Crippen molar-refractivity contribution in [1.29, 1.82) is 0 Å². The Hall–Kier alpha value is -2.21. The highest BCUT2D eigenvalue weighted by molar-refractivity contribution is 9.10. The molecule has 0 bridgehead atoms. The lowest BCUT2D eigenvalue weighted by molar-refractivity contribution is 0.220. The van der Waals surface area contributed by atoms with Crippen molar-refractivity contribution in [3.63, 3.8) is 0 Å². The molecular weight excluding hydrogens is 337 g/mol. The van der Waals surface area contributed by atoms with Gasteiger partial charge < -0.3 is 4.74 Å². The van der Waals surface area contributed by atoms with Crippen LogP contribution in [0.1, 0.15) is 0 Å². The molecule has 0 aliphatic carbocycles. The van der Waals surface area contributed by atoms with Gasteiger partial charge in [0.15, 0.2) is 12.6 Å². The fourth-order valence-corrected chi connectivity index (χ4v) is 3.08. The second-order valence-electron chi connectivity index (χ2n) is 4.62. The molecule has 4 rings (SSSR count). The first-order chi connectivity index (χ1) is 10.3. The van der Waals surface area contributed by atoms with E-state index in [1.54, 1.807) is 0 Å². The van der Waals surface area contributed by atoms with Gasteiger partial charge in [-0.1, -0.05) is 30.3 Å². The summed E-state index contributed by atoms with van der Waals surface area (Å²) in [7, 11) is 0. The molecule has 4 nitrogen and oxygen atoms in total. The van der Waals surface area contributed by atoms with Crippen molar-refractivity contribution in [2.24, 2.45) is 0 Å². The predicted octanol–water partition coefficient (Wildman–Crippen LogP) is 3.86. The summed E-state index contributed by atoms with van der Waals surface area (Å²) in [6.45, 7) is 0.252. The number of ether oxygens (including phenoxy) is 1. The maximum atomic E-state index is 14.1. The summed E-state index contributed by atoms with van der Waals surface area (Å²) in [5.41, 5.74) is 2.14. The van der Waals surface area contributed by atoms with Crippen LogP contribution in [0, 0.1) is 5.82 Å². The highest BCUT2D eigenvalue weighted by Gasteiger charge is 2.28.